The molecule has 1 saturated heterocycles. The van der Waals surface area contributed by atoms with Crippen molar-refractivity contribution in [2.24, 2.45) is 0 Å². The highest BCUT2D eigenvalue weighted by molar-refractivity contribution is 5.41. The third-order valence-electron chi connectivity index (χ3n) is 4.87. The molecular formula is C24H26F2N2O5. The molecule has 1 aliphatic heterocycles. The second-order valence-corrected chi connectivity index (χ2v) is 7.00. The number of morpholine rings is 1. The zero-order chi connectivity index (χ0) is 23.6. The first-order valence-electron chi connectivity index (χ1n) is 10.3. The van der Waals surface area contributed by atoms with Crippen LogP contribution in [0, 0.1) is 11.6 Å². The number of nitrogens with one attached hydrogen (secondary N) is 1. The van der Waals surface area contributed by atoms with Gasteiger partial charge in [-0.3, -0.25) is 4.98 Å². The molecule has 3 aromatic rings. The molecule has 0 saturated carbocycles. The summed E-state index contributed by atoms with van der Waals surface area (Å²) in [4.78, 5) is 4.13. The third kappa shape index (κ3) is 6.30. The van der Waals surface area contributed by atoms with Crippen LogP contribution in [0.25, 0.3) is 0 Å². The summed E-state index contributed by atoms with van der Waals surface area (Å²) >= 11 is 0. The third-order valence-corrected chi connectivity index (χ3v) is 4.87. The van der Waals surface area contributed by atoms with Crippen molar-refractivity contribution in [2.75, 3.05) is 33.9 Å². The molecule has 4 rings (SSSR count). The van der Waals surface area contributed by atoms with Gasteiger partial charge in [0.05, 0.1) is 20.8 Å². The van der Waals surface area contributed by atoms with Crippen molar-refractivity contribution < 1.29 is 32.8 Å². The van der Waals surface area contributed by atoms with Gasteiger partial charge in [0.2, 0.25) is 0 Å². The summed E-state index contributed by atoms with van der Waals surface area (Å²) in [5, 5.41) is 12.2. The maximum atomic E-state index is 14.2. The normalized spacial score (nSPS) is 16.2. The summed E-state index contributed by atoms with van der Waals surface area (Å²) in [5.74, 6) is -0.993. The van der Waals surface area contributed by atoms with E-state index >= 15 is 0 Å². The zero-order valence-electron chi connectivity index (χ0n) is 18.3. The molecule has 1 aromatic heterocycles. The number of phenols is 1. The second-order valence-electron chi connectivity index (χ2n) is 7.00. The average Bonchev–Trinajstić information content (AvgIpc) is 2.86. The number of hydrogen-bond donors (Lipinski definition) is 2. The monoisotopic (exact) mass is 460 g/mol. The van der Waals surface area contributed by atoms with Crippen LogP contribution in [-0.4, -0.2) is 50.1 Å². The lowest BCUT2D eigenvalue weighted by Gasteiger charge is -2.31. The van der Waals surface area contributed by atoms with Gasteiger partial charge in [-0.2, -0.15) is 0 Å². The van der Waals surface area contributed by atoms with Crippen molar-refractivity contribution in [1.29, 1.82) is 0 Å². The van der Waals surface area contributed by atoms with Crippen molar-refractivity contribution in [3.63, 3.8) is 0 Å². The highest BCUT2D eigenvalue weighted by Gasteiger charge is 2.30. The number of benzene rings is 2. The predicted molar refractivity (Wildman–Crippen MR) is 118 cm³/mol. The molecule has 1 aliphatic rings. The Bertz CT molecular complexity index is 1020. The van der Waals surface area contributed by atoms with E-state index in [2.05, 4.69) is 15.0 Å². The Morgan fingerprint density at radius 3 is 2.36 bits per heavy atom. The molecule has 7 nitrogen and oxygen atoms in total. The SMILES string of the molecule is COc1cccc(F)c1O.COc1cccc(F)c1O[C@@H](c1cccnc1)C1CNCCO1. The largest absolute Gasteiger partial charge is 0.502 e. The average molecular weight is 460 g/mol. The smallest absolute Gasteiger partial charge is 0.197 e. The van der Waals surface area contributed by atoms with Gasteiger partial charge in [-0.25, -0.2) is 8.78 Å². The van der Waals surface area contributed by atoms with Crippen molar-refractivity contribution >= 4 is 0 Å². The highest BCUT2D eigenvalue weighted by Crippen LogP contribution is 2.35. The molecule has 0 amide bonds. The lowest BCUT2D eigenvalue weighted by atomic mass is 10.0. The molecule has 176 valence electrons. The maximum absolute atomic E-state index is 14.2. The van der Waals surface area contributed by atoms with Crippen molar-refractivity contribution in [1.82, 2.24) is 10.3 Å². The Morgan fingerprint density at radius 2 is 1.76 bits per heavy atom. The predicted octanol–water partition coefficient (Wildman–Crippen LogP) is 3.88. The van der Waals surface area contributed by atoms with Crippen LogP contribution in [0.15, 0.2) is 60.9 Å². The molecular weight excluding hydrogens is 434 g/mol. The molecule has 1 fully saturated rings. The minimum Gasteiger partial charge on any atom is -0.502 e. The fourth-order valence-electron chi connectivity index (χ4n) is 3.23. The second kappa shape index (κ2) is 12.0. The molecule has 2 atom stereocenters. The van der Waals surface area contributed by atoms with Gasteiger partial charge in [0.1, 0.15) is 6.10 Å². The summed E-state index contributed by atoms with van der Waals surface area (Å²) in [5.41, 5.74) is 0.825. The van der Waals surface area contributed by atoms with Gasteiger partial charge in [0.25, 0.3) is 0 Å². The molecule has 2 N–H and O–H groups in total. The Morgan fingerprint density at radius 1 is 1.03 bits per heavy atom. The van der Waals surface area contributed by atoms with Crippen LogP contribution in [0.4, 0.5) is 8.78 Å². The number of aromatic hydroxyl groups is 1. The van der Waals surface area contributed by atoms with Crippen molar-refractivity contribution in [3.05, 3.63) is 78.1 Å². The highest BCUT2D eigenvalue weighted by atomic mass is 19.1. The summed E-state index contributed by atoms with van der Waals surface area (Å²) in [6.07, 6.45) is 2.67. The summed E-state index contributed by atoms with van der Waals surface area (Å²) in [6, 6.07) is 12.4. The van der Waals surface area contributed by atoms with Gasteiger partial charge < -0.3 is 29.4 Å². The van der Waals surface area contributed by atoms with Gasteiger partial charge in [0.15, 0.2) is 40.7 Å². The number of para-hydroxylation sites is 2. The fourth-order valence-corrected chi connectivity index (χ4v) is 3.23. The van der Waals surface area contributed by atoms with Crippen LogP contribution in [0.1, 0.15) is 11.7 Å². The quantitative estimate of drug-likeness (QED) is 0.578. The minimum atomic E-state index is -0.667. The topological polar surface area (TPSA) is 82.1 Å². The first-order chi connectivity index (χ1) is 16.0. The first kappa shape index (κ1) is 24.2. The summed E-state index contributed by atoms with van der Waals surface area (Å²) in [6.45, 7) is 1.99. The van der Waals surface area contributed by atoms with Gasteiger partial charge in [0, 0.05) is 31.0 Å². The lowest BCUT2D eigenvalue weighted by Crippen LogP contribution is -2.43. The standard InChI is InChI=1S/C17H19FN2O3.C7H7FO2/c1-21-14-6-2-5-13(18)17(14)23-16(12-4-3-7-19-10-12)15-11-20-8-9-22-15;1-10-6-4-2-3-5(8)7(6)9/h2-7,10,15-16,20H,8-9,11H2,1H3;2-4,9H,1H3/t15?,16-;/m0./s1. The van der Waals surface area contributed by atoms with E-state index in [1.807, 2.05) is 12.1 Å². The van der Waals surface area contributed by atoms with E-state index in [-0.39, 0.29) is 17.6 Å². The molecule has 33 heavy (non-hydrogen) atoms. The number of ether oxygens (including phenoxy) is 4. The van der Waals surface area contributed by atoms with E-state index in [0.717, 1.165) is 18.2 Å². The molecule has 0 radical (unpaired) electrons. The Labute approximate surface area is 190 Å². The van der Waals surface area contributed by atoms with Crippen LogP contribution >= 0.6 is 0 Å². The van der Waals surface area contributed by atoms with E-state index in [4.69, 9.17) is 19.3 Å². The molecule has 2 heterocycles. The van der Waals surface area contributed by atoms with Crippen molar-refractivity contribution in [2.45, 2.75) is 12.2 Å². The zero-order valence-corrected chi connectivity index (χ0v) is 18.3. The number of aromatic nitrogens is 1. The van der Waals surface area contributed by atoms with Crippen LogP contribution < -0.4 is 19.5 Å². The number of nitrogens with zero attached hydrogens (tertiary/aromatic N) is 1. The Hall–Kier alpha value is -3.43. The van der Waals surface area contributed by atoms with Gasteiger partial charge >= 0.3 is 0 Å². The van der Waals surface area contributed by atoms with Gasteiger partial charge in [-0.05, 0) is 30.3 Å². The van der Waals surface area contributed by atoms with E-state index in [0.29, 0.717) is 18.9 Å². The molecule has 0 bridgehead atoms. The maximum Gasteiger partial charge on any atom is 0.197 e. The van der Waals surface area contributed by atoms with Crippen LogP contribution in [0.5, 0.6) is 23.0 Å². The van der Waals surface area contributed by atoms with Crippen molar-refractivity contribution in [3.8, 4) is 23.0 Å². The van der Waals surface area contributed by atoms with Gasteiger partial charge in [-0.15, -0.1) is 0 Å². The Balaban J connectivity index is 0.000000257. The van der Waals surface area contributed by atoms with Crippen LogP contribution in [0.2, 0.25) is 0 Å². The molecule has 0 aliphatic carbocycles. The summed E-state index contributed by atoms with van der Waals surface area (Å²) < 4.78 is 48.3. The first-order valence-corrected chi connectivity index (χ1v) is 10.3. The number of phenolic OH excluding ortho intramolecular Hbond substituents is 1. The van der Waals surface area contributed by atoms with Gasteiger partial charge in [-0.1, -0.05) is 18.2 Å². The number of methoxy groups -OCH3 is 2. The van der Waals surface area contributed by atoms with E-state index in [1.54, 1.807) is 24.5 Å². The number of hydrogen-bond acceptors (Lipinski definition) is 7. The summed E-state index contributed by atoms with van der Waals surface area (Å²) in [7, 11) is 2.86. The number of pyridine rings is 1. The molecule has 1 unspecified atom stereocenters. The van der Waals surface area contributed by atoms with E-state index < -0.39 is 23.5 Å². The fraction of sp³-hybridized carbons (Fsp3) is 0.292. The lowest BCUT2D eigenvalue weighted by molar-refractivity contribution is -0.0449. The van der Waals surface area contributed by atoms with Crippen LogP contribution in [-0.2, 0) is 4.74 Å². The number of rotatable bonds is 6. The molecule has 2 aromatic carbocycles. The van der Waals surface area contributed by atoms with E-state index in [9.17, 15) is 8.78 Å². The van der Waals surface area contributed by atoms with Crippen LogP contribution in [0.3, 0.4) is 0 Å². The molecule has 9 heteroatoms. The molecule has 0 spiro atoms. The Kier molecular flexibility index (Phi) is 8.79. The minimum absolute atomic E-state index is 0.0815. The number of halogens is 2. The van der Waals surface area contributed by atoms with E-state index in [1.165, 1.54) is 32.4 Å².